The van der Waals surface area contributed by atoms with Gasteiger partial charge in [-0.1, -0.05) is 12.1 Å². The molecule has 0 fully saturated rings. The maximum atomic E-state index is 12.5. The summed E-state index contributed by atoms with van der Waals surface area (Å²) in [6.45, 7) is 0. The number of hydrogen-bond acceptors (Lipinski definition) is 3. The summed E-state index contributed by atoms with van der Waals surface area (Å²) in [5.74, 6) is 0.581. The molecule has 0 aliphatic heterocycles. The smallest absolute Gasteiger partial charge is 0.291 e. The van der Waals surface area contributed by atoms with Gasteiger partial charge in [0.15, 0.2) is 5.76 Å². The third kappa shape index (κ3) is 3.67. The lowest BCUT2D eigenvalue weighted by Crippen LogP contribution is -2.11. The Morgan fingerprint density at radius 2 is 2.00 bits per heavy atom. The highest BCUT2D eigenvalue weighted by molar-refractivity contribution is 6.02. The van der Waals surface area contributed by atoms with Crippen LogP contribution in [-0.4, -0.2) is 17.2 Å². The van der Waals surface area contributed by atoms with Gasteiger partial charge in [0, 0.05) is 34.8 Å². The van der Waals surface area contributed by atoms with Gasteiger partial charge in [0.1, 0.15) is 12.0 Å². The number of aromatic nitrogens is 1. The van der Waals surface area contributed by atoms with Crippen LogP contribution in [0, 0.1) is 0 Å². The third-order valence-electron chi connectivity index (χ3n) is 4.40. The van der Waals surface area contributed by atoms with Crippen molar-refractivity contribution in [2.24, 2.45) is 0 Å². The largest absolute Gasteiger partial charge is 0.451 e. The van der Waals surface area contributed by atoms with Crippen molar-refractivity contribution in [1.29, 1.82) is 0 Å². The van der Waals surface area contributed by atoms with E-state index in [2.05, 4.69) is 10.3 Å². The van der Waals surface area contributed by atoms with E-state index >= 15 is 0 Å². The van der Waals surface area contributed by atoms with Crippen molar-refractivity contribution >= 4 is 28.8 Å². The molecule has 0 saturated carbocycles. The number of benzene rings is 2. The van der Waals surface area contributed by atoms with Crippen molar-refractivity contribution in [2.75, 3.05) is 5.32 Å². The van der Waals surface area contributed by atoms with Crippen LogP contribution < -0.4 is 5.32 Å². The molecule has 0 spiro atoms. The summed E-state index contributed by atoms with van der Waals surface area (Å²) in [6, 6.07) is 18.9. The van der Waals surface area contributed by atoms with Gasteiger partial charge in [0.25, 0.3) is 5.91 Å². The van der Waals surface area contributed by atoms with Crippen molar-refractivity contribution < 1.29 is 14.0 Å². The fourth-order valence-corrected chi connectivity index (χ4v) is 3.04. The zero-order valence-electron chi connectivity index (χ0n) is 14.6. The first-order valence-corrected chi connectivity index (χ1v) is 8.74. The third-order valence-corrected chi connectivity index (χ3v) is 4.40. The number of furan rings is 1. The zero-order valence-corrected chi connectivity index (χ0v) is 14.6. The summed E-state index contributed by atoms with van der Waals surface area (Å²) in [5, 5.41) is 3.92. The van der Waals surface area contributed by atoms with Crippen LogP contribution in [0.2, 0.25) is 0 Å². The van der Waals surface area contributed by atoms with E-state index in [9.17, 15) is 9.59 Å². The van der Waals surface area contributed by atoms with E-state index in [-0.39, 0.29) is 11.7 Å². The number of nitrogens with one attached hydrogen (secondary N) is 2. The molecule has 134 valence electrons. The summed E-state index contributed by atoms with van der Waals surface area (Å²) in [6.07, 6.45) is 3.89. The zero-order chi connectivity index (χ0) is 18.6. The Labute approximate surface area is 156 Å². The van der Waals surface area contributed by atoms with Gasteiger partial charge in [-0.3, -0.25) is 4.79 Å². The summed E-state index contributed by atoms with van der Waals surface area (Å²) in [5.41, 5.74) is 3.64. The van der Waals surface area contributed by atoms with Gasteiger partial charge in [-0.05, 0) is 60.5 Å². The second kappa shape index (κ2) is 7.33. The maximum Gasteiger partial charge on any atom is 0.291 e. The van der Waals surface area contributed by atoms with E-state index in [4.69, 9.17) is 4.42 Å². The molecule has 0 saturated heterocycles. The van der Waals surface area contributed by atoms with Crippen LogP contribution in [0.4, 0.5) is 5.69 Å². The standard InChI is InChI=1S/C22H18N2O3/c25-12-2-4-15-3-1-5-18(13-15)24-22(26)21-9-8-20(27-21)17-6-7-19-16(14-17)10-11-23-19/h1,3,5-14,23H,2,4H2,(H,24,26). The quantitative estimate of drug-likeness (QED) is 0.486. The fraction of sp³-hybridized carbons (Fsp3) is 0.0909. The second-order valence-electron chi connectivity index (χ2n) is 6.30. The summed E-state index contributed by atoms with van der Waals surface area (Å²) >= 11 is 0. The molecule has 2 N–H and O–H groups in total. The van der Waals surface area contributed by atoms with Crippen LogP contribution in [0.15, 0.2) is 71.3 Å². The highest BCUT2D eigenvalue weighted by Crippen LogP contribution is 2.26. The number of hydrogen-bond donors (Lipinski definition) is 2. The normalized spacial score (nSPS) is 10.8. The molecule has 2 aromatic heterocycles. The molecule has 0 radical (unpaired) electrons. The highest BCUT2D eigenvalue weighted by atomic mass is 16.3. The minimum Gasteiger partial charge on any atom is -0.451 e. The van der Waals surface area contributed by atoms with Crippen LogP contribution in [0.5, 0.6) is 0 Å². The lowest BCUT2D eigenvalue weighted by atomic mass is 10.1. The number of aryl methyl sites for hydroxylation is 1. The second-order valence-corrected chi connectivity index (χ2v) is 6.30. The first-order chi connectivity index (χ1) is 13.2. The molecule has 0 bridgehead atoms. The van der Waals surface area contributed by atoms with Crippen molar-refractivity contribution in [1.82, 2.24) is 4.98 Å². The van der Waals surface area contributed by atoms with Gasteiger partial charge in [0.2, 0.25) is 0 Å². The highest BCUT2D eigenvalue weighted by Gasteiger charge is 2.13. The fourth-order valence-electron chi connectivity index (χ4n) is 3.04. The van der Waals surface area contributed by atoms with Crippen LogP contribution in [0.3, 0.4) is 0 Å². The van der Waals surface area contributed by atoms with Crippen molar-refractivity contribution in [3.05, 3.63) is 78.2 Å². The number of anilines is 1. The predicted octanol–water partition coefficient (Wildman–Crippen LogP) is 4.81. The maximum absolute atomic E-state index is 12.5. The van der Waals surface area contributed by atoms with Gasteiger partial charge < -0.3 is 19.5 Å². The number of fused-ring (bicyclic) bond motifs is 1. The molecule has 2 aromatic carbocycles. The van der Waals surface area contributed by atoms with Crippen LogP contribution in [-0.2, 0) is 11.2 Å². The summed E-state index contributed by atoms with van der Waals surface area (Å²) in [7, 11) is 0. The SMILES string of the molecule is O=CCCc1cccc(NC(=O)c2ccc(-c3ccc4[nH]ccc4c3)o2)c1. The van der Waals surface area contributed by atoms with Crippen LogP contribution in [0.1, 0.15) is 22.5 Å². The molecule has 0 unspecified atom stereocenters. The molecule has 27 heavy (non-hydrogen) atoms. The number of H-pyrrole nitrogens is 1. The Balaban J connectivity index is 1.51. The number of rotatable bonds is 6. The molecule has 4 rings (SSSR count). The predicted molar refractivity (Wildman–Crippen MR) is 105 cm³/mol. The minimum absolute atomic E-state index is 0.248. The lowest BCUT2D eigenvalue weighted by Gasteiger charge is -2.05. The molecule has 4 aromatic rings. The Morgan fingerprint density at radius 1 is 1.07 bits per heavy atom. The minimum atomic E-state index is -0.309. The molecular formula is C22H18N2O3. The van der Waals surface area contributed by atoms with Crippen LogP contribution in [0.25, 0.3) is 22.2 Å². The first kappa shape index (κ1) is 16.8. The Morgan fingerprint density at radius 3 is 2.89 bits per heavy atom. The van der Waals surface area contributed by atoms with Gasteiger partial charge in [-0.25, -0.2) is 0 Å². The summed E-state index contributed by atoms with van der Waals surface area (Å²) < 4.78 is 5.76. The van der Waals surface area contributed by atoms with Crippen molar-refractivity contribution in [3.8, 4) is 11.3 Å². The van der Waals surface area contributed by atoms with Crippen molar-refractivity contribution in [3.63, 3.8) is 0 Å². The number of aromatic amines is 1. The molecule has 5 nitrogen and oxygen atoms in total. The molecule has 1 amide bonds. The van der Waals surface area contributed by atoms with Gasteiger partial charge in [0.05, 0.1) is 0 Å². The Hall–Kier alpha value is -3.60. The number of aldehydes is 1. The Bertz CT molecular complexity index is 1110. The van der Waals surface area contributed by atoms with Gasteiger partial charge in [-0.15, -0.1) is 0 Å². The Kier molecular flexibility index (Phi) is 4.58. The van der Waals surface area contributed by atoms with Gasteiger partial charge >= 0.3 is 0 Å². The van der Waals surface area contributed by atoms with Crippen molar-refractivity contribution in [2.45, 2.75) is 12.8 Å². The van der Waals surface area contributed by atoms with Crippen LogP contribution >= 0.6 is 0 Å². The molecule has 0 atom stereocenters. The molecule has 5 heteroatoms. The monoisotopic (exact) mass is 358 g/mol. The average molecular weight is 358 g/mol. The molecule has 0 aliphatic rings. The number of carbonyl (C=O) groups excluding carboxylic acids is 2. The van der Waals surface area contributed by atoms with E-state index in [0.717, 1.165) is 28.3 Å². The van der Waals surface area contributed by atoms with E-state index in [1.54, 1.807) is 12.1 Å². The van der Waals surface area contributed by atoms with E-state index in [1.807, 2.05) is 54.7 Å². The molecule has 2 heterocycles. The van der Waals surface area contributed by atoms with E-state index in [0.29, 0.717) is 24.3 Å². The van der Waals surface area contributed by atoms with E-state index < -0.39 is 0 Å². The topological polar surface area (TPSA) is 75.1 Å². The molecule has 0 aliphatic carbocycles. The average Bonchev–Trinajstić information content (AvgIpc) is 3.35. The first-order valence-electron chi connectivity index (χ1n) is 8.74. The van der Waals surface area contributed by atoms with Gasteiger partial charge in [-0.2, -0.15) is 0 Å². The number of carbonyl (C=O) groups is 2. The molecular weight excluding hydrogens is 340 g/mol. The lowest BCUT2D eigenvalue weighted by molar-refractivity contribution is -0.107. The summed E-state index contributed by atoms with van der Waals surface area (Å²) in [4.78, 5) is 26.2. The van der Waals surface area contributed by atoms with E-state index in [1.165, 1.54) is 0 Å². The number of amides is 1.